The molecule has 1 saturated heterocycles. The van der Waals surface area contributed by atoms with Crippen molar-refractivity contribution in [3.8, 4) is 5.75 Å². The molecule has 0 spiro atoms. The van der Waals surface area contributed by atoms with Gasteiger partial charge in [-0.2, -0.15) is 0 Å². The molecule has 3 aromatic carbocycles. The van der Waals surface area contributed by atoms with Crippen molar-refractivity contribution in [3.63, 3.8) is 0 Å². The highest BCUT2D eigenvalue weighted by Crippen LogP contribution is 2.22. The van der Waals surface area contributed by atoms with Crippen LogP contribution in [0.2, 0.25) is 0 Å². The van der Waals surface area contributed by atoms with E-state index in [0.717, 1.165) is 28.6 Å². The molecule has 0 aromatic heterocycles. The topological polar surface area (TPSA) is 41.6 Å². The lowest BCUT2D eigenvalue weighted by Crippen LogP contribution is -2.37. The largest absolute Gasteiger partial charge is 0.481 e. The summed E-state index contributed by atoms with van der Waals surface area (Å²) in [6, 6.07) is 22.7. The Labute approximate surface area is 185 Å². The molecule has 1 N–H and O–H groups in total. The zero-order valence-electron chi connectivity index (χ0n) is 18.3. The quantitative estimate of drug-likeness (QED) is 0.542. The Morgan fingerprint density at radius 3 is 2.39 bits per heavy atom. The summed E-state index contributed by atoms with van der Waals surface area (Å²) in [7, 11) is 0. The van der Waals surface area contributed by atoms with Gasteiger partial charge >= 0.3 is 0 Å². The summed E-state index contributed by atoms with van der Waals surface area (Å²) in [5, 5.41) is 5.31. The van der Waals surface area contributed by atoms with E-state index in [4.69, 9.17) is 4.74 Å². The van der Waals surface area contributed by atoms with Crippen molar-refractivity contribution < 1.29 is 9.53 Å². The predicted octanol–water partition coefficient (Wildman–Crippen LogP) is 5.30. The summed E-state index contributed by atoms with van der Waals surface area (Å²) in [6.07, 6.45) is 4.10. The van der Waals surface area contributed by atoms with Gasteiger partial charge in [0, 0.05) is 13.1 Å². The Balaban J connectivity index is 1.30. The Morgan fingerprint density at radius 1 is 0.935 bits per heavy atom. The normalized spacial score (nSPS) is 15.5. The molecule has 4 heteroatoms. The van der Waals surface area contributed by atoms with Crippen LogP contribution in [0.15, 0.2) is 66.7 Å². The highest BCUT2D eigenvalue weighted by Gasteiger charge is 2.18. The molecule has 0 bridgehead atoms. The van der Waals surface area contributed by atoms with E-state index in [0.29, 0.717) is 13.0 Å². The molecule has 1 heterocycles. The maximum atomic E-state index is 12.7. The number of carbonyl (C=O) groups excluding carboxylic acids is 1. The van der Waals surface area contributed by atoms with Gasteiger partial charge in [-0.15, -0.1) is 0 Å². The number of ether oxygens (including phenoxy) is 1. The lowest BCUT2D eigenvalue weighted by Gasteiger charge is -2.26. The van der Waals surface area contributed by atoms with Gasteiger partial charge in [-0.3, -0.25) is 9.69 Å². The molecular formula is C27H32N2O2. The van der Waals surface area contributed by atoms with Gasteiger partial charge in [0.2, 0.25) is 0 Å². The second-order valence-corrected chi connectivity index (χ2v) is 8.39. The van der Waals surface area contributed by atoms with Crippen molar-refractivity contribution in [2.75, 3.05) is 13.1 Å². The standard InChI is InChI=1S/C27H32N2O2/c1-2-26(31-25-15-14-23-8-4-5-9-24(23)18-25)27(30)28-19-21-10-12-22(13-11-21)20-29-16-6-3-7-17-29/h4-5,8-15,18,26H,2-3,6-7,16-17,19-20H2,1H3,(H,28,30)/t26-/m0/s1. The van der Waals surface area contributed by atoms with Crippen molar-refractivity contribution in [1.29, 1.82) is 0 Å². The molecular weight excluding hydrogens is 384 g/mol. The molecule has 1 aliphatic rings. The van der Waals surface area contributed by atoms with Gasteiger partial charge in [0.1, 0.15) is 5.75 Å². The van der Waals surface area contributed by atoms with Gasteiger partial charge in [-0.05, 0) is 66.4 Å². The molecule has 0 radical (unpaired) electrons. The summed E-state index contributed by atoms with van der Waals surface area (Å²) in [5.41, 5.74) is 2.44. The number of nitrogens with one attached hydrogen (secondary N) is 1. The highest BCUT2D eigenvalue weighted by molar-refractivity contribution is 5.84. The smallest absolute Gasteiger partial charge is 0.261 e. The van der Waals surface area contributed by atoms with Crippen LogP contribution in [-0.4, -0.2) is 30.0 Å². The molecule has 1 fully saturated rings. The monoisotopic (exact) mass is 416 g/mol. The van der Waals surface area contributed by atoms with Gasteiger partial charge < -0.3 is 10.1 Å². The minimum Gasteiger partial charge on any atom is -0.481 e. The first-order valence-electron chi connectivity index (χ1n) is 11.4. The molecule has 31 heavy (non-hydrogen) atoms. The van der Waals surface area contributed by atoms with E-state index in [9.17, 15) is 4.79 Å². The minimum atomic E-state index is -0.500. The molecule has 0 saturated carbocycles. The average molecular weight is 417 g/mol. The van der Waals surface area contributed by atoms with E-state index in [1.54, 1.807) is 0 Å². The second-order valence-electron chi connectivity index (χ2n) is 8.39. The van der Waals surface area contributed by atoms with Crippen molar-refractivity contribution >= 4 is 16.7 Å². The third kappa shape index (κ3) is 5.86. The zero-order valence-corrected chi connectivity index (χ0v) is 18.3. The number of carbonyl (C=O) groups is 1. The van der Waals surface area contributed by atoms with Gasteiger partial charge in [0.15, 0.2) is 6.10 Å². The summed E-state index contributed by atoms with van der Waals surface area (Å²) in [5.74, 6) is 0.649. The number of benzene rings is 3. The van der Waals surface area contributed by atoms with E-state index in [1.807, 2.05) is 37.3 Å². The number of hydrogen-bond acceptors (Lipinski definition) is 3. The molecule has 1 atom stereocenters. The molecule has 4 rings (SSSR count). The van der Waals surface area contributed by atoms with Crippen LogP contribution < -0.4 is 10.1 Å². The maximum absolute atomic E-state index is 12.7. The number of likely N-dealkylation sites (tertiary alicyclic amines) is 1. The van der Waals surface area contributed by atoms with Crippen molar-refractivity contribution in [3.05, 3.63) is 77.9 Å². The van der Waals surface area contributed by atoms with Crippen LogP contribution in [0, 0.1) is 0 Å². The van der Waals surface area contributed by atoms with E-state index in [2.05, 4.69) is 46.6 Å². The lowest BCUT2D eigenvalue weighted by molar-refractivity contribution is -0.128. The van der Waals surface area contributed by atoms with Gasteiger partial charge in [-0.1, -0.05) is 67.9 Å². The van der Waals surface area contributed by atoms with Crippen LogP contribution in [0.3, 0.4) is 0 Å². The lowest BCUT2D eigenvalue weighted by atomic mass is 10.1. The summed E-state index contributed by atoms with van der Waals surface area (Å²) >= 11 is 0. The van der Waals surface area contributed by atoms with E-state index < -0.39 is 6.10 Å². The van der Waals surface area contributed by atoms with Crippen LogP contribution in [0.5, 0.6) is 5.75 Å². The first-order chi connectivity index (χ1) is 15.2. The molecule has 3 aromatic rings. The fraction of sp³-hybridized carbons (Fsp3) is 0.370. The SMILES string of the molecule is CC[C@H](Oc1ccc2ccccc2c1)C(=O)NCc1ccc(CN2CCCCC2)cc1. The summed E-state index contributed by atoms with van der Waals surface area (Å²) < 4.78 is 6.01. The van der Waals surface area contributed by atoms with Crippen LogP contribution in [0.25, 0.3) is 10.8 Å². The Hall–Kier alpha value is -2.85. The van der Waals surface area contributed by atoms with E-state index in [1.165, 1.54) is 37.9 Å². The fourth-order valence-electron chi connectivity index (χ4n) is 4.17. The van der Waals surface area contributed by atoms with Crippen LogP contribution in [-0.2, 0) is 17.9 Å². The summed E-state index contributed by atoms with van der Waals surface area (Å²) in [6.45, 7) is 5.91. The number of rotatable bonds is 8. The van der Waals surface area contributed by atoms with Crippen LogP contribution in [0.4, 0.5) is 0 Å². The predicted molar refractivity (Wildman–Crippen MR) is 126 cm³/mol. The minimum absolute atomic E-state index is 0.0759. The molecule has 1 aliphatic heterocycles. The maximum Gasteiger partial charge on any atom is 0.261 e. The van der Waals surface area contributed by atoms with Crippen molar-refractivity contribution in [1.82, 2.24) is 10.2 Å². The van der Waals surface area contributed by atoms with Crippen molar-refractivity contribution in [2.45, 2.75) is 51.8 Å². The first-order valence-corrected chi connectivity index (χ1v) is 11.4. The number of hydrogen-bond donors (Lipinski definition) is 1. The Kier molecular flexibility index (Phi) is 7.21. The molecule has 0 aliphatic carbocycles. The first kappa shape index (κ1) is 21.4. The fourth-order valence-corrected chi connectivity index (χ4v) is 4.17. The van der Waals surface area contributed by atoms with Crippen LogP contribution >= 0.6 is 0 Å². The number of nitrogens with zero attached hydrogens (tertiary/aromatic N) is 1. The highest BCUT2D eigenvalue weighted by atomic mass is 16.5. The second kappa shape index (κ2) is 10.5. The van der Waals surface area contributed by atoms with E-state index in [-0.39, 0.29) is 5.91 Å². The number of amides is 1. The third-order valence-corrected chi connectivity index (χ3v) is 6.01. The summed E-state index contributed by atoms with van der Waals surface area (Å²) in [4.78, 5) is 15.2. The Bertz CT molecular complexity index is 994. The average Bonchev–Trinajstić information content (AvgIpc) is 2.82. The number of piperidine rings is 1. The van der Waals surface area contributed by atoms with Gasteiger partial charge in [0.25, 0.3) is 5.91 Å². The van der Waals surface area contributed by atoms with Crippen LogP contribution in [0.1, 0.15) is 43.7 Å². The zero-order chi connectivity index (χ0) is 21.5. The van der Waals surface area contributed by atoms with E-state index >= 15 is 0 Å². The Morgan fingerprint density at radius 2 is 1.65 bits per heavy atom. The van der Waals surface area contributed by atoms with Gasteiger partial charge in [0.05, 0.1) is 0 Å². The number of fused-ring (bicyclic) bond motifs is 1. The molecule has 162 valence electrons. The van der Waals surface area contributed by atoms with Crippen molar-refractivity contribution in [2.24, 2.45) is 0 Å². The third-order valence-electron chi connectivity index (χ3n) is 6.01. The van der Waals surface area contributed by atoms with Gasteiger partial charge in [-0.25, -0.2) is 0 Å². The molecule has 0 unspecified atom stereocenters. The molecule has 1 amide bonds. The molecule has 4 nitrogen and oxygen atoms in total.